The number of benzene rings is 1. The van der Waals surface area contributed by atoms with Gasteiger partial charge < -0.3 is 49.6 Å². The molecule has 2 saturated heterocycles. The third-order valence-electron chi connectivity index (χ3n) is 5.04. The summed E-state index contributed by atoms with van der Waals surface area (Å²) in [5.41, 5.74) is 0.741. The van der Waals surface area contributed by atoms with Crippen molar-refractivity contribution in [1.29, 1.82) is 0 Å². The predicted molar refractivity (Wildman–Crippen MR) is 102 cm³/mol. The summed E-state index contributed by atoms with van der Waals surface area (Å²) < 4.78 is 20.9. The first-order valence-corrected chi connectivity index (χ1v) is 9.69. The zero-order chi connectivity index (χ0) is 22.5. The molecule has 31 heavy (non-hydrogen) atoms. The molecular weight excluding hydrogens is 416 g/mol. The van der Waals surface area contributed by atoms with Gasteiger partial charge in [-0.3, -0.25) is 0 Å². The number of aliphatic hydroxyl groups excluding tert-OH is 6. The molecule has 2 aliphatic rings. The van der Waals surface area contributed by atoms with Crippen molar-refractivity contribution in [3.05, 3.63) is 42.0 Å². The molecule has 1 aromatic rings. The maximum Gasteiger partial charge on any atom is 0.333 e. The lowest BCUT2D eigenvalue weighted by Crippen LogP contribution is -2.59. The summed E-state index contributed by atoms with van der Waals surface area (Å²) in [5, 5.41) is 59.0. The van der Waals surface area contributed by atoms with Gasteiger partial charge in [0.05, 0.1) is 13.2 Å². The average Bonchev–Trinajstić information content (AvgIpc) is 3.05. The summed E-state index contributed by atoms with van der Waals surface area (Å²) in [6.45, 7) is -0.981. The number of esters is 1. The fraction of sp³-hybridized carbons (Fsp3) is 0.550. The Morgan fingerprint density at radius 2 is 1.48 bits per heavy atom. The molecule has 0 aromatic heterocycles. The number of aliphatic hydroxyl groups is 6. The van der Waals surface area contributed by atoms with E-state index in [1.54, 1.807) is 24.3 Å². The van der Waals surface area contributed by atoms with Gasteiger partial charge in [-0.05, 0) is 11.6 Å². The van der Waals surface area contributed by atoms with Crippen LogP contribution in [0, 0.1) is 0 Å². The summed E-state index contributed by atoms with van der Waals surface area (Å²) in [6, 6.07) is 8.92. The van der Waals surface area contributed by atoms with Crippen LogP contribution in [0.4, 0.5) is 0 Å². The number of carbonyl (C=O) groups excluding carboxylic acids is 1. The highest BCUT2D eigenvalue weighted by Crippen LogP contribution is 2.26. The van der Waals surface area contributed by atoms with E-state index in [2.05, 4.69) is 0 Å². The highest BCUT2D eigenvalue weighted by molar-refractivity contribution is 5.87. The first kappa shape index (κ1) is 23.7. The van der Waals surface area contributed by atoms with E-state index < -0.39 is 74.5 Å². The normalized spacial score (nSPS) is 38.5. The molecule has 2 heterocycles. The lowest BCUT2D eigenvalue weighted by atomic mass is 9.99. The number of carbonyl (C=O) groups is 1. The van der Waals surface area contributed by atoms with E-state index in [1.165, 1.54) is 6.08 Å². The molecule has 0 unspecified atom stereocenters. The molecule has 0 amide bonds. The van der Waals surface area contributed by atoms with Crippen LogP contribution in [0.25, 0.3) is 6.08 Å². The second-order valence-electron chi connectivity index (χ2n) is 7.24. The van der Waals surface area contributed by atoms with E-state index >= 15 is 0 Å². The number of ether oxygens (including phenoxy) is 4. The van der Waals surface area contributed by atoms with Gasteiger partial charge in [0.15, 0.2) is 6.29 Å². The molecule has 0 bridgehead atoms. The van der Waals surface area contributed by atoms with Crippen LogP contribution in [0.1, 0.15) is 5.56 Å². The number of hydrogen-bond donors (Lipinski definition) is 6. The predicted octanol–water partition coefficient (Wildman–Crippen LogP) is -2.49. The first-order valence-electron chi connectivity index (χ1n) is 9.69. The van der Waals surface area contributed by atoms with Crippen LogP contribution >= 0.6 is 0 Å². The Bertz CT molecular complexity index is 742. The van der Waals surface area contributed by atoms with E-state index in [9.17, 15) is 30.3 Å². The van der Waals surface area contributed by atoms with E-state index in [4.69, 9.17) is 24.1 Å². The Balaban J connectivity index is 1.57. The van der Waals surface area contributed by atoms with Crippen LogP contribution in [-0.4, -0.2) is 105 Å². The molecule has 3 rings (SSSR count). The molecule has 9 atom stereocenters. The number of rotatable bonds is 7. The van der Waals surface area contributed by atoms with Gasteiger partial charge in [0.2, 0.25) is 6.29 Å². The van der Waals surface area contributed by atoms with Crippen molar-refractivity contribution in [2.24, 2.45) is 0 Å². The highest BCUT2D eigenvalue weighted by atomic mass is 16.7. The fourth-order valence-electron chi connectivity index (χ4n) is 3.23. The maximum absolute atomic E-state index is 12.1. The molecule has 0 spiro atoms. The van der Waals surface area contributed by atoms with Crippen LogP contribution < -0.4 is 0 Å². The molecular formula is C20H26O11. The van der Waals surface area contributed by atoms with Gasteiger partial charge >= 0.3 is 5.97 Å². The van der Waals surface area contributed by atoms with E-state index in [1.807, 2.05) is 6.07 Å². The monoisotopic (exact) mass is 442 g/mol. The van der Waals surface area contributed by atoms with Crippen LogP contribution in [0.15, 0.2) is 36.4 Å². The topological polar surface area (TPSA) is 175 Å². The molecule has 0 aliphatic carbocycles. The van der Waals surface area contributed by atoms with Gasteiger partial charge in [-0.25, -0.2) is 4.79 Å². The summed E-state index contributed by atoms with van der Waals surface area (Å²) in [5.74, 6) is -0.848. The van der Waals surface area contributed by atoms with Crippen molar-refractivity contribution in [2.45, 2.75) is 55.3 Å². The van der Waals surface area contributed by atoms with Gasteiger partial charge in [-0.15, -0.1) is 0 Å². The Morgan fingerprint density at radius 3 is 2.13 bits per heavy atom. The highest BCUT2D eigenvalue weighted by Gasteiger charge is 2.47. The SMILES string of the molecule is O=C(C=Cc1ccccc1)O[C@@H]1O[C@H](CO[C@H]2O[C@H](CO)[C@H](O)[C@H]2O)[C@@H](O)[C@H](O)[C@H]1O. The molecule has 11 nitrogen and oxygen atoms in total. The van der Waals surface area contributed by atoms with Crippen molar-refractivity contribution < 1.29 is 54.4 Å². The summed E-state index contributed by atoms with van der Waals surface area (Å²) in [7, 11) is 0. The average molecular weight is 442 g/mol. The van der Waals surface area contributed by atoms with E-state index in [-0.39, 0.29) is 0 Å². The van der Waals surface area contributed by atoms with Gasteiger partial charge in [0.1, 0.15) is 42.7 Å². The van der Waals surface area contributed by atoms with Gasteiger partial charge in [-0.1, -0.05) is 30.3 Å². The quantitative estimate of drug-likeness (QED) is 0.195. The maximum atomic E-state index is 12.1. The Kier molecular flexibility index (Phi) is 8.11. The van der Waals surface area contributed by atoms with Crippen LogP contribution in [0.5, 0.6) is 0 Å². The van der Waals surface area contributed by atoms with Crippen molar-refractivity contribution in [3.8, 4) is 0 Å². The molecule has 2 aliphatic heterocycles. The van der Waals surface area contributed by atoms with Crippen molar-refractivity contribution in [2.75, 3.05) is 13.2 Å². The fourth-order valence-corrected chi connectivity index (χ4v) is 3.23. The molecule has 2 fully saturated rings. The van der Waals surface area contributed by atoms with Crippen LogP contribution in [-0.2, 0) is 23.7 Å². The Morgan fingerprint density at radius 1 is 0.871 bits per heavy atom. The molecule has 0 radical (unpaired) electrons. The standard InChI is InChI=1S/C20H26O11/c21-8-11-14(23)17(26)19(29-11)28-9-12-15(24)16(25)18(27)20(30-12)31-13(22)7-6-10-4-2-1-3-5-10/h1-7,11-12,14-21,23-27H,8-9H2/t11-,12-,14+,15-,16+,17-,18-,19+,20+/m1/s1. The minimum absolute atomic E-state index is 0.439. The Labute approximate surface area is 177 Å². The van der Waals surface area contributed by atoms with E-state index in [0.29, 0.717) is 0 Å². The molecule has 172 valence electrons. The lowest BCUT2D eigenvalue weighted by molar-refractivity contribution is -0.301. The van der Waals surface area contributed by atoms with Crippen molar-refractivity contribution >= 4 is 12.0 Å². The van der Waals surface area contributed by atoms with E-state index in [0.717, 1.165) is 11.6 Å². The van der Waals surface area contributed by atoms with Gasteiger partial charge in [-0.2, -0.15) is 0 Å². The molecule has 11 heteroatoms. The third-order valence-corrected chi connectivity index (χ3v) is 5.04. The van der Waals surface area contributed by atoms with Crippen LogP contribution in [0.2, 0.25) is 0 Å². The van der Waals surface area contributed by atoms with Crippen LogP contribution in [0.3, 0.4) is 0 Å². The van der Waals surface area contributed by atoms with Gasteiger partial charge in [0, 0.05) is 6.08 Å². The number of hydrogen-bond acceptors (Lipinski definition) is 11. The molecule has 6 N–H and O–H groups in total. The van der Waals surface area contributed by atoms with Gasteiger partial charge in [0.25, 0.3) is 0 Å². The lowest BCUT2D eigenvalue weighted by Gasteiger charge is -2.39. The van der Waals surface area contributed by atoms with Crippen molar-refractivity contribution in [3.63, 3.8) is 0 Å². The first-order chi connectivity index (χ1) is 14.8. The zero-order valence-corrected chi connectivity index (χ0v) is 16.4. The molecule has 0 saturated carbocycles. The minimum Gasteiger partial charge on any atom is -0.430 e. The summed E-state index contributed by atoms with van der Waals surface area (Å²) in [6.07, 6.45) is -10.4. The second-order valence-corrected chi connectivity index (χ2v) is 7.24. The second kappa shape index (κ2) is 10.6. The minimum atomic E-state index is -1.71. The zero-order valence-electron chi connectivity index (χ0n) is 16.4. The van der Waals surface area contributed by atoms with Crippen molar-refractivity contribution in [1.82, 2.24) is 0 Å². The summed E-state index contributed by atoms with van der Waals surface area (Å²) in [4.78, 5) is 12.1. The largest absolute Gasteiger partial charge is 0.430 e. The summed E-state index contributed by atoms with van der Waals surface area (Å²) >= 11 is 0. The molecule has 1 aromatic carbocycles. The Hall–Kier alpha value is -1.93. The smallest absolute Gasteiger partial charge is 0.333 e. The third kappa shape index (κ3) is 5.66.